The third-order valence-electron chi connectivity index (χ3n) is 5.06. The van der Waals surface area contributed by atoms with Gasteiger partial charge in [0.25, 0.3) is 5.91 Å². The van der Waals surface area contributed by atoms with Crippen molar-refractivity contribution in [1.82, 2.24) is 15.1 Å². The predicted molar refractivity (Wildman–Crippen MR) is 102 cm³/mol. The van der Waals surface area contributed by atoms with E-state index >= 15 is 0 Å². The van der Waals surface area contributed by atoms with E-state index < -0.39 is 0 Å². The van der Waals surface area contributed by atoms with Crippen molar-refractivity contribution in [3.8, 4) is 0 Å². The third-order valence-corrected chi connectivity index (χ3v) is 5.06. The summed E-state index contributed by atoms with van der Waals surface area (Å²) in [6, 6.07) is 18.1. The minimum atomic E-state index is -0.0151. The normalized spacial score (nSPS) is 16.1. The van der Waals surface area contributed by atoms with Gasteiger partial charge in [-0.05, 0) is 43.9 Å². The van der Waals surface area contributed by atoms with Crippen molar-refractivity contribution in [2.24, 2.45) is 0 Å². The Kier molecular flexibility index (Phi) is 4.57. The topological polar surface area (TPSA) is 46.9 Å². The molecule has 0 spiro atoms. The quantitative estimate of drug-likeness (QED) is 0.775. The van der Waals surface area contributed by atoms with Crippen LogP contribution < -0.4 is 5.32 Å². The van der Waals surface area contributed by atoms with E-state index in [-0.39, 0.29) is 11.9 Å². The maximum Gasteiger partial charge on any atom is 0.251 e. The fourth-order valence-corrected chi connectivity index (χ4v) is 3.61. The maximum absolute atomic E-state index is 12.6. The van der Waals surface area contributed by atoms with Gasteiger partial charge in [-0.25, -0.2) is 0 Å². The Hall–Kier alpha value is -2.88. The molecule has 0 aliphatic heterocycles. The van der Waals surface area contributed by atoms with E-state index in [2.05, 4.69) is 39.4 Å². The van der Waals surface area contributed by atoms with Gasteiger partial charge in [0.15, 0.2) is 0 Å². The van der Waals surface area contributed by atoms with Gasteiger partial charge in [-0.3, -0.25) is 9.48 Å². The van der Waals surface area contributed by atoms with Crippen LogP contribution in [0.1, 0.15) is 51.6 Å². The molecule has 0 unspecified atom stereocenters. The molecule has 1 aliphatic carbocycles. The number of fused-ring (bicyclic) bond motifs is 1. The molecule has 0 saturated heterocycles. The molecule has 4 heteroatoms. The Labute approximate surface area is 153 Å². The average Bonchev–Trinajstić information content (AvgIpc) is 3.07. The molecular weight excluding hydrogens is 322 g/mol. The lowest BCUT2D eigenvalue weighted by Gasteiger charge is -2.24. The number of nitrogens with zero attached hydrogens (tertiary/aromatic N) is 2. The molecular formula is C22H23N3O. The maximum atomic E-state index is 12.6. The largest absolute Gasteiger partial charge is 0.345 e. The van der Waals surface area contributed by atoms with Gasteiger partial charge in [0.05, 0.1) is 18.8 Å². The number of hydrogen-bond acceptors (Lipinski definition) is 2. The van der Waals surface area contributed by atoms with Gasteiger partial charge in [0, 0.05) is 16.8 Å². The van der Waals surface area contributed by atoms with E-state index in [0.717, 1.165) is 36.9 Å². The van der Waals surface area contributed by atoms with Crippen LogP contribution in [0.15, 0.2) is 60.8 Å². The molecule has 0 saturated carbocycles. The second-order valence-corrected chi connectivity index (χ2v) is 6.97. The first-order chi connectivity index (χ1) is 12.7. The Balaban J connectivity index is 1.52. The number of hydrogen-bond donors (Lipinski definition) is 1. The minimum Gasteiger partial charge on any atom is -0.345 e. The van der Waals surface area contributed by atoms with E-state index in [1.54, 1.807) is 0 Å². The van der Waals surface area contributed by atoms with Crippen molar-refractivity contribution in [2.45, 2.75) is 38.8 Å². The van der Waals surface area contributed by atoms with Crippen molar-refractivity contribution in [3.05, 3.63) is 88.7 Å². The molecule has 1 amide bonds. The van der Waals surface area contributed by atoms with Gasteiger partial charge in [0.2, 0.25) is 0 Å². The number of amides is 1. The highest BCUT2D eigenvalue weighted by molar-refractivity contribution is 5.94. The van der Waals surface area contributed by atoms with Crippen LogP contribution in [-0.4, -0.2) is 15.7 Å². The summed E-state index contributed by atoms with van der Waals surface area (Å²) in [7, 11) is 0. The molecule has 3 aromatic rings. The minimum absolute atomic E-state index is 0.0151. The predicted octanol–water partition coefficient (Wildman–Crippen LogP) is 4.05. The number of aryl methyl sites for hydroxylation is 1. The van der Waals surface area contributed by atoms with Crippen LogP contribution in [0.3, 0.4) is 0 Å². The van der Waals surface area contributed by atoms with Crippen LogP contribution >= 0.6 is 0 Å². The Bertz CT molecular complexity index is 897. The van der Waals surface area contributed by atoms with Gasteiger partial charge in [-0.15, -0.1) is 0 Å². The number of carbonyl (C=O) groups is 1. The van der Waals surface area contributed by atoms with Crippen molar-refractivity contribution in [2.75, 3.05) is 0 Å². The van der Waals surface area contributed by atoms with Gasteiger partial charge in [0.1, 0.15) is 0 Å². The molecule has 0 bridgehead atoms. The van der Waals surface area contributed by atoms with Crippen molar-refractivity contribution in [1.29, 1.82) is 0 Å². The van der Waals surface area contributed by atoms with Gasteiger partial charge in [-0.2, -0.15) is 5.10 Å². The lowest BCUT2D eigenvalue weighted by molar-refractivity contribution is 0.0932. The first-order valence-electron chi connectivity index (χ1n) is 9.17. The highest BCUT2D eigenvalue weighted by Crippen LogP contribution is 2.30. The molecule has 132 valence electrons. The summed E-state index contributed by atoms with van der Waals surface area (Å²) < 4.78 is 2.08. The molecule has 0 fully saturated rings. The zero-order valence-electron chi connectivity index (χ0n) is 15.0. The van der Waals surface area contributed by atoms with E-state index in [0.29, 0.717) is 5.56 Å². The highest BCUT2D eigenvalue weighted by atomic mass is 16.1. The molecule has 1 atom stereocenters. The van der Waals surface area contributed by atoms with E-state index in [1.807, 2.05) is 43.5 Å². The molecule has 0 radical (unpaired) electrons. The monoisotopic (exact) mass is 345 g/mol. The number of nitrogens with one attached hydrogen (secondary N) is 1. The summed E-state index contributed by atoms with van der Waals surface area (Å²) in [5.41, 5.74) is 5.51. The Morgan fingerprint density at radius 1 is 1.15 bits per heavy atom. The van der Waals surface area contributed by atoms with E-state index in [4.69, 9.17) is 0 Å². The summed E-state index contributed by atoms with van der Waals surface area (Å²) in [6.45, 7) is 2.80. The lowest BCUT2D eigenvalue weighted by Crippen LogP contribution is -2.31. The first kappa shape index (κ1) is 16.6. The molecule has 1 aromatic heterocycles. The zero-order chi connectivity index (χ0) is 17.9. The van der Waals surface area contributed by atoms with Gasteiger partial charge >= 0.3 is 0 Å². The summed E-state index contributed by atoms with van der Waals surface area (Å²) in [5.74, 6) is -0.0151. The van der Waals surface area contributed by atoms with E-state index in [9.17, 15) is 4.79 Å². The van der Waals surface area contributed by atoms with Gasteiger partial charge < -0.3 is 5.32 Å². The summed E-state index contributed by atoms with van der Waals surface area (Å²) in [5, 5.41) is 7.80. The van der Waals surface area contributed by atoms with E-state index in [1.165, 1.54) is 11.3 Å². The van der Waals surface area contributed by atoms with Crippen LogP contribution in [0.5, 0.6) is 0 Å². The fraction of sp³-hybridized carbons (Fsp3) is 0.273. The zero-order valence-corrected chi connectivity index (χ0v) is 15.0. The molecule has 26 heavy (non-hydrogen) atoms. The smallest absolute Gasteiger partial charge is 0.251 e. The second kappa shape index (κ2) is 7.16. The Morgan fingerprint density at radius 3 is 2.69 bits per heavy atom. The second-order valence-electron chi connectivity index (χ2n) is 6.97. The summed E-state index contributed by atoms with van der Waals surface area (Å²) in [4.78, 5) is 12.6. The third kappa shape index (κ3) is 3.40. The number of rotatable bonds is 4. The number of carbonyl (C=O) groups excluding carboxylic acids is 1. The number of benzene rings is 2. The highest BCUT2D eigenvalue weighted by Gasteiger charge is 2.25. The SMILES string of the molecule is Cc1ccc(C(=O)N[C@H]2CCCc3c2cnn3Cc2ccccc2)cc1. The fourth-order valence-electron chi connectivity index (χ4n) is 3.61. The molecule has 1 heterocycles. The van der Waals surface area contributed by atoms with Crippen molar-refractivity contribution in [3.63, 3.8) is 0 Å². The summed E-state index contributed by atoms with van der Waals surface area (Å²) >= 11 is 0. The standard InChI is InChI=1S/C22H23N3O/c1-16-10-12-18(13-11-16)22(26)24-20-8-5-9-21-19(20)14-23-25(21)15-17-6-3-2-4-7-17/h2-4,6-7,10-14,20H,5,8-9,15H2,1H3,(H,24,26)/t20-/m0/s1. The molecule has 1 N–H and O–H groups in total. The van der Waals surface area contributed by atoms with Gasteiger partial charge in [-0.1, -0.05) is 48.0 Å². The molecule has 1 aliphatic rings. The molecule has 2 aromatic carbocycles. The van der Waals surface area contributed by atoms with Crippen LogP contribution in [0.4, 0.5) is 0 Å². The number of aromatic nitrogens is 2. The van der Waals surface area contributed by atoms with Crippen molar-refractivity contribution >= 4 is 5.91 Å². The Morgan fingerprint density at radius 2 is 1.92 bits per heavy atom. The van der Waals surface area contributed by atoms with Crippen molar-refractivity contribution < 1.29 is 4.79 Å². The first-order valence-corrected chi connectivity index (χ1v) is 9.17. The average molecular weight is 345 g/mol. The van der Waals surface area contributed by atoms with Crippen LogP contribution in [0.2, 0.25) is 0 Å². The molecule has 4 rings (SSSR count). The van der Waals surface area contributed by atoms with Crippen LogP contribution in [-0.2, 0) is 13.0 Å². The molecule has 4 nitrogen and oxygen atoms in total. The summed E-state index contributed by atoms with van der Waals surface area (Å²) in [6.07, 6.45) is 4.96. The van der Waals surface area contributed by atoms with Crippen LogP contribution in [0.25, 0.3) is 0 Å². The lowest BCUT2D eigenvalue weighted by atomic mass is 9.92. The van der Waals surface area contributed by atoms with Crippen LogP contribution in [0, 0.1) is 6.92 Å².